The van der Waals surface area contributed by atoms with Gasteiger partial charge in [0.25, 0.3) is 11.6 Å². The van der Waals surface area contributed by atoms with Gasteiger partial charge < -0.3 is 14.4 Å². The Morgan fingerprint density at radius 3 is 2.81 bits per heavy atom. The first-order chi connectivity index (χ1) is 15.0. The number of nitrogens with zero attached hydrogens (tertiary/aromatic N) is 3. The standard InChI is InChI=1S/C24H28N4O3/c1-2-24-9-5-12-25-13-8-18-17-7-6-16(28(30)31)14-19(17)27(21(18)22(24)25)20(15-24)23(29)26-10-3-4-11-26/h6-7,14-15,22H,2-5,8-13H2,1H3/p+1/t22-,24+/m0/s1. The lowest BCUT2D eigenvalue weighted by atomic mass is 9.66. The van der Waals surface area contributed by atoms with Crippen LogP contribution in [0.5, 0.6) is 0 Å². The van der Waals surface area contributed by atoms with Crippen LogP contribution in [-0.4, -0.2) is 46.5 Å². The number of rotatable bonds is 3. The Morgan fingerprint density at radius 1 is 1.26 bits per heavy atom. The second kappa shape index (κ2) is 6.66. The fraction of sp³-hybridized carbons (Fsp3) is 0.542. The predicted molar refractivity (Wildman–Crippen MR) is 118 cm³/mol. The third kappa shape index (κ3) is 2.53. The molecular formula is C24H29N4O3+. The lowest BCUT2D eigenvalue weighted by Gasteiger charge is -2.50. The second-order valence-corrected chi connectivity index (χ2v) is 9.72. The molecule has 1 aromatic heterocycles. The second-order valence-electron chi connectivity index (χ2n) is 9.72. The normalized spacial score (nSPS) is 29.1. The third-order valence-corrected chi connectivity index (χ3v) is 8.34. The van der Waals surface area contributed by atoms with Crippen molar-refractivity contribution in [2.45, 2.75) is 51.5 Å². The van der Waals surface area contributed by atoms with E-state index in [4.69, 9.17) is 0 Å². The van der Waals surface area contributed by atoms with E-state index in [2.05, 4.69) is 17.6 Å². The minimum absolute atomic E-state index is 0.0101. The summed E-state index contributed by atoms with van der Waals surface area (Å²) in [5.74, 6) is 0.0904. The van der Waals surface area contributed by atoms with Crippen LogP contribution in [0.2, 0.25) is 0 Å². The Labute approximate surface area is 181 Å². The first-order valence-corrected chi connectivity index (χ1v) is 11.7. The summed E-state index contributed by atoms with van der Waals surface area (Å²) in [6.07, 6.45) is 8.64. The van der Waals surface area contributed by atoms with E-state index in [1.165, 1.54) is 17.7 Å². The Hall–Kier alpha value is -2.67. The SMILES string of the molecule is CC[C@]12C=C(C(=O)N3CCCC3)n3c4c(c5ccc([N+](=O)[O-])cc53)CC[NH+](CCC1)[C@@H]42. The number of aromatic nitrogens is 1. The molecule has 6 rings (SSSR count). The van der Waals surface area contributed by atoms with Gasteiger partial charge in [-0.15, -0.1) is 0 Å². The van der Waals surface area contributed by atoms with Gasteiger partial charge in [0.15, 0.2) is 0 Å². The van der Waals surface area contributed by atoms with Crippen molar-refractivity contribution < 1.29 is 14.6 Å². The van der Waals surface area contributed by atoms with Gasteiger partial charge in [0, 0.05) is 42.4 Å². The molecule has 162 valence electrons. The Bertz CT molecular complexity index is 1140. The first kappa shape index (κ1) is 19.0. The zero-order valence-electron chi connectivity index (χ0n) is 18.0. The number of nitrogens with one attached hydrogen (secondary N) is 1. The van der Waals surface area contributed by atoms with Gasteiger partial charge in [-0.05, 0) is 49.8 Å². The van der Waals surface area contributed by atoms with Crippen molar-refractivity contribution in [1.82, 2.24) is 9.47 Å². The van der Waals surface area contributed by atoms with Crippen LogP contribution >= 0.6 is 0 Å². The molecule has 1 N–H and O–H groups in total. The largest absolute Gasteiger partial charge is 0.337 e. The number of carbonyl (C=O) groups is 1. The number of benzene rings is 1. The Kier molecular flexibility index (Phi) is 4.09. The van der Waals surface area contributed by atoms with E-state index in [-0.39, 0.29) is 21.9 Å². The van der Waals surface area contributed by atoms with Gasteiger partial charge in [-0.2, -0.15) is 0 Å². The van der Waals surface area contributed by atoms with E-state index in [1.54, 1.807) is 17.0 Å². The molecule has 7 nitrogen and oxygen atoms in total. The van der Waals surface area contributed by atoms with Crippen LogP contribution in [0.4, 0.5) is 5.69 Å². The van der Waals surface area contributed by atoms with E-state index in [9.17, 15) is 14.9 Å². The van der Waals surface area contributed by atoms with Crippen LogP contribution in [0.3, 0.4) is 0 Å². The Balaban J connectivity index is 1.66. The average Bonchev–Trinajstić information content (AvgIpc) is 3.43. The van der Waals surface area contributed by atoms with Crippen molar-refractivity contribution in [3.63, 3.8) is 0 Å². The molecular weight excluding hydrogens is 392 g/mol. The topological polar surface area (TPSA) is 72.8 Å². The van der Waals surface area contributed by atoms with E-state index in [0.717, 1.165) is 74.9 Å². The van der Waals surface area contributed by atoms with Crippen molar-refractivity contribution in [3.05, 3.63) is 45.6 Å². The fourth-order valence-corrected chi connectivity index (χ4v) is 6.88. The maximum absolute atomic E-state index is 13.8. The molecule has 0 aliphatic carbocycles. The number of amides is 1. The van der Waals surface area contributed by atoms with Gasteiger partial charge in [0.1, 0.15) is 11.7 Å². The lowest BCUT2D eigenvalue weighted by molar-refractivity contribution is -0.947. The first-order valence-electron chi connectivity index (χ1n) is 11.7. The van der Waals surface area contributed by atoms with Gasteiger partial charge in [0.05, 0.1) is 29.2 Å². The fourth-order valence-electron chi connectivity index (χ4n) is 6.88. The maximum atomic E-state index is 13.8. The molecule has 0 bridgehead atoms. The maximum Gasteiger partial charge on any atom is 0.271 e. The predicted octanol–water partition coefficient (Wildman–Crippen LogP) is 2.70. The number of likely N-dealkylation sites (tertiary alicyclic amines) is 1. The van der Waals surface area contributed by atoms with E-state index in [1.807, 2.05) is 11.0 Å². The molecule has 4 aliphatic rings. The number of hydrogen-bond donors (Lipinski definition) is 1. The molecule has 5 heterocycles. The highest BCUT2D eigenvalue weighted by Crippen LogP contribution is 2.52. The minimum Gasteiger partial charge on any atom is -0.337 e. The van der Waals surface area contributed by atoms with Crippen LogP contribution in [0.25, 0.3) is 16.6 Å². The molecule has 2 aromatic rings. The summed E-state index contributed by atoms with van der Waals surface area (Å²) in [5.41, 5.74) is 4.20. The minimum atomic E-state index is -0.332. The molecule has 3 atom stereocenters. The summed E-state index contributed by atoms with van der Waals surface area (Å²) < 4.78 is 2.13. The Morgan fingerprint density at radius 2 is 2.06 bits per heavy atom. The number of fused-ring (bicyclic) bond motifs is 3. The zero-order chi connectivity index (χ0) is 21.3. The molecule has 31 heavy (non-hydrogen) atoms. The zero-order valence-corrected chi connectivity index (χ0v) is 18.0. The number of nitro groups is 1. The van der Waals surface area contributed by atoms with Gasteiger partial charge in [-0.3, -0.25) is 14.9 Å². The summed E-state index contributed by atoms with van der Waals surface area (Å²) in [5, 5.41) is 12.6. The third-order valence-electron chi connectivity index (χ3n) is 8.34. The summed E-state index contributed by atoms with van der Waals surface area (Å²) in [4.78, 5) is 28.6. The molecule has 4 aliphatic heterocycles. The molecule has 1 aromatic carbocycles. The summed E-state index contributed by atoms with van der Waals surface area (Å²) in [6, 6.07) is 5.54. The number of non-ortho nitro benzene ring substituents is 1. The number of nitro benzene ring substituents is 1. The number of hydrogen-bond acceptors (Lipinski definition) is 3. The number of quaternary nitrogens is 1. The smallest absolute Gasteiger partial charge is 0.271 e. The highest BCUT2D eigenvalue weighted by molar-refractivity contribution is 6.16. The monoisotopic (exact) mass is 421 g/mol. The van der Waals surface area contributed by atoms with E-state index < -0.39 is 0 Å². The number of carbonyl (C=O) groups excluding carboxylic acids is 1. The quantitative estimate of drug-likeness (QED) is 0.612. The van der Waals surface area contributed by atoms with Gasteiger partial charge >= 0.3 is 0 Å². The molecule has 7 heteroatoms. The van der Waals surface area contributed by atoms with E-state index in [0.29, 0.717) is 6.04 Å². The average molecular weight is 422 g/mol. The molecule has 1 amide bonds. The van der Waals surface area contributed by atoms with Crippen molar-refractivity contribution >= 4 is 28.2 Å². The molecule has 2 fully saturated rings. The molecule has 0 spiro atoms. The van der Waals surface area contributed by atoms with E-state index >= 15 is 0 Å². The van der Waals surface area contributed by atoms with Gasteiger partial charge in [0.2, 0.25) is 0 Å². The van der Waals surface area contributed by atoms with Crippen molar-refractivity contribution in [3.8, 4) is 0 Å². The number of piperidine rings is 1. The highest BCUT2D eigenvalue weighted by Gasteiger charge is 2.54. The van der Waals surface area contributed by atoms with Crippen LogP contribution in [0.1, 0.15) is 56.3 Å². The molecule has 0 saturated carbocycles. The summed E-state index contributed by atoms with van der Waals surface area (Å²) >= 11 is 0. The summed E-state index contributed by atoms with van der Waals surface area (Å²) in [6.45, 7) is 6.12. The van der Waals surface area contributed by atoms with Gasteiger partial charge in [-0.1, -0.05) is 6.92 Å². The van der Waals surface area contributed by atoms with Crippen molar-refractivity contribution in [2.24, 2.45) is 5.41 Å². The van der Waals surface area contributed by atoms with Gasteiger partial charge in [-0.25, -0.2) is 0 Å². The van der Waals surface area contributed by atoms with Crippen LogP contribution in [-0.2, 0) is 11.2 Å². The van der Waals surface area contributed by atoms with Crippen molar-refractivity contribution in [1.29, 1.82) is 0 Å². The highest BCUT2D eigenvalue weighted by atomic mass is 16.6. The molecule has 2 saturated heterocycles. The van der Waals surface area contributed by atoms with Crippen LogP contribution in [0, 0.1) is 15.5 Å². The molecule has 1 unspecified atom stereocenters. The lowest BCUT2D eigenvalue weighted by Crippen LogP contribution is -3.15. The van der Waals surface area contributed by atoms with Crippen LogP contribution in [0.15, 0.2) is 24.3 Å². The summed E-state index contributed by atoms with van der Waals surface area (Å²) in [7, 11) is 0. The molecule has 0 radical (unpaired) electrons. The van der Waals surface area contributed by atoms with Crippen molar-refractivity contribution in [2.75, 3.05) is 26.2 Å². The van der Waals surface area contributed by atoms with Crippen LogP contribution < -0.4 is 4.90 Å².